The van der Waals surface area contributed by atoms with E-state index in [-0.39, 0.29) is 29.7 Å². The molecule has 1 atom stereocenters. The molecule has 120 valence electrons. The standard InChI is InChI=1S/C16H23N3O3/c1-5-11(3)17-14(20)9-12(4)18-19-16(22)13-8-6-7-10(2)15(13)21/h6-8,11,21H,5,9H2,1-4H3,(H,17,20)(H,19,22)/b18-12-/t11-/m0/s1. The highest BCUT2D eigenvalue weighted by molar-refractivity contribution is 6.01. The van der Waals surface area contributed by atoms with Crippen LogP contribution in [0.5, 0.6) is 5.75 Å². The van der Waals surface area contributed by atoms with Crippen molar-refractivity contribution in [2.24, 2.45) is 5.10 Å². The fourth-order valence-electron chi connectivity index (χ4n) is 1.75. The Morgan fingerprint density at radius 1 is 1.36 bits per heavy atom. The lowest BCUT2D eigenvalue weighted by Crippen LogP contribution is -2.33. The summed E-state index contributed by atoms with van der Waals surface area (Å²) >= 11 is 0. The fraction of sp³-hybridized carbons (Fsp3) is 0.438. The Balaban J connectivity index is 2.61. The van der Waals surface area contributed by atoms with Crippen LogP contribution in [0.1, 0.15) is 49.5 Å². The van der Waals surface area contributed by atoms with Crippen molar-refractivity contribution in [3.63, 3.8) is 0 Å². The number of hydrogen-bond donors (Lipinski definition) is 3. The number of aryl methyl sites for hydroxylation is 1. The summed E-state index contributed by atoms with van der Waals surface area (Å²) in [7, 11) is 0. The van der Waals surface area contributed by atoms with Crippen LogP contribution in [0.4, 0.5) is 0 Å². The first-order chi connectivity index (χ1) is 10.3. The summed E-state index contributed by atoms with van der Waals surface area (Å²) in [6.07, 6.45) is 0.968. The summed E-state index contributed by atoms with van der Waals surface area (Å²) in [5, 5.41) is 16.5. The zero-order chi connectivity index (χ0) is 16.7. The van der Waals surface area contributed by atoms with Gasteiger partial charge in [0.2, 0.25) is 5.91 Å². The van der Waals surface area contributed by atoms with Gasteiger partial charge in [-0.25, -0.2) is 5.43 Å². The average Bonchev–Trinajstić information content (AvgIpc) is 2.47. The molecule has 22 heavy (non-hydrogen) atoms. The second-order valence-electron chi connectivity index (χ2n) is 5.31. The Morgan fingerprint density at radius 2 is 2.05 bits per heavy atom. The molecule has 0 fully saturated rings. The molecule has 3 N–H and O–H groups in total. The maximum atomic E-state index is 12.0. The number of carbonyl (C=O) groups excluding carboxylic acids is 2. The number of aromatic hydroxyl groups is 1. The third-order valence-corrected chi connectivity index (χ3v) is 3.27. The molecule has 0 saturated carbocycles. The predicted octanol–water partition coefficient (Wildman–Crippen LogP) is 2.11. The zero-order valence-corrected chi connectivity index (χ0v) is 13.4. The van der Waals surface area contributed by atoms with E-state index in [1.54, 1.807) is 26.0 Å². The molecule has 0 aliphatic carbocycles. The number of nitrogens with one attached hydrogen (secondary N) is 2. The first kappa shape index (κ1) is 17.7. The van der Waals surface area contributed by atoms with Crippen LogP contribution in [-0.2, 0) is 4.79 Å². The lowest BCUT2D eigenvalue weighted by atomic mass is 10.1. The number of phenols is 1. The molecule has 1 aromatic rings. The lowest BCUT2D eigenvalue weighted by Gasteiger charge is -2.11. The van der Waals surface area contributed by atoms with E-state index in [0.717, 1.165) is 6.42 Å². The van der Waals surface area contributed by atoms with Gasteiger partial charge in [0.1, 0.15) is 5.75 Å². The maximum Gasteiger partial charge on any atom is 0.275 e. The molecule has 0 aliphatic heterocycles. The summed E-state index contributed by atoms with van der Waals surface area (Å²) in [6, 6.07) is 5.01. The Labute approximate surface area is 130 Å². The molecule has 1 aromatic carbocycles. The molecule has 0 spiro atoms. The monoisotopic (exact) mass is 305 g/mol. The highest BCUT2D eigenvalue weighted by Gasteiger charge is 2.12. The molecule has 1 rings (SSSR count). The van der Waals surface area contributed by atoms with Gasteiger partial charge in [-0.05, 0) is 38.8 Å². The molecule has 0 heterocycles. The van der Waals surface area contributed by atoms with Gasteiger partial charge in [-0.3, -0.25) is 9.59 Å². The van der Waals surface area contributed by atoms with Crippen molar-refractivity contribution in [3.05, 3.63) is 29.3 Å². The van der Waals surface area contributed by atoms with E-state index < -0.39 is 5.91 Å². The average molecular weight is 305 g/mol. The van der Waals surface area contributed by atoms with Crippen molar-refractivity contribution in [1.82, 2.24) is 10.7 Å². The topological polar surface area (TPSA) is 90.8 Å². The van der Waals surface area contributed by atoms with E-state index in [2.05, 4.69) is 15.8 Å². The summed E-state index contributed by atoms with van der Waals surface area (Å²) in [5.41, 5.74) is 3.60. The van der Waals surface area contributed by atoms with E-state index in [4.69, 9.17) is 0 Å². The summed E-state index contributed by atoms with van der Waals surface area (Å²) in [4.78, 5) is 23.6. The fourth-order valence-corrected chi connectivity index (χ4v) is 1.75. The molecule has 0 aliphatic rings. The van der Waals surface area contributed by atoms with Gasteiger partial charge < -0.3 is 10.4 Å². The number of hydrogen-bond acceptors (Lipinski definition) is 4. The van der Waals surface area contributed by atoms with Gasteiger partial charge in [0.05, 0.1) is 12.0 Å². The van der Waals surface area contributed by atoms with Gasteiger partial charge in [-0.2, -0.15) is 5.10 Å². The van der Waals surface area contributed by atoms with Gasteiger partial charge in [0, 0.05) is 11.8 Å². The van der Waals surface area contributed by atoms with Crippen LogP contribution in [-0.4, -0.2) is 28.7 Å². The molecular weight excluding hydrogens is 282 g/mol. The summed E-state index contributed by atoms with van der Waals surface area (Å²) < 4.78 is 0. The maximum absolute atomic E-state index is 12.0. The Kier molecular flexibility index (Phi) is 6.56. The second kappa shape index (κ2) is 8.17. The van der Waals surface area contributed by atoms with E-state index >= 15 is 0 Å². The van der Waals surface area contributed by atoms with Crippen molar-refractivity contribution in [1.29, 1.82) is 0 Å². The van der Waals surface area contributed by atoms with E-state index in [9.17, 15) is 14.7 Å². The van der Waals surface area contributed by atoms with Crippen LogP contribution in [0.15, 0.2) is 23.3 Å². The third-order valence-electron chi connectivity index (χ3n) is 3.27. The van der Waals surface area contributed by atoms with Crippen LogP contribution < -0.4 is 10.7 Å². The molecule has 2 amide bonds. The molecule has 6 nitrogen and oxygen atoms in total. The molecular formula is C16H23N3O3. The highest BCUT2D eigenvalue weighted by atomic mass is 16.3. The van der Waals surface area contributed by atoms with Gasteiger partial charge in [0.25, 0.3) is 5.91 Å². The van der Waals surface area contributed by atoms with Crippen molar-refractivity contribution in [2.75, 3.05) is 0 Å². The number of benzene rings is 1. The first-order valence-corrected chi connectivity index (χ1v) is 7.26. The number of phenolic OH excluding ortho intramolecular Hbond substituents is 1. The molecule has 0 unspecified atom stereocenters. The normalized spacial score (nSPS) is 12.6. The Hall–Kier alpha value is -2.37. The number of rotatable bonds is 6. The van der Waals surface area contributed by atoms with Crippen LogP contribution in [0.2, 0.25) is 0 Å². The number of hydrazone groups is 1. The SMILES string of the molecule is CC[C@H](C)NC(=O)C/C(C)=N\NC(=O)c1cccc(C)c1O. The Bertz CT molecular complexity index is 582. The van der Waals surface area contributed by atoms with Crippen LogP contribution in [0.25, 0.3) is 0 Å². The van der Waals surface area contributed by atoms with Crippen LogP contribution >= 0.6 is 0 Å². The number of para-hydroxylation sites is 1. The summed E-state index contributed by atoms with van der Waals surface area (Å²) in [5.74, 6) is -0.714. The predicted molar refractivity (Wildman–Crippen MR) is 85.9 cm³/mol. The van der Waals surface area contributed by atoms with Crippen molar-refractivity contribution in [2.45, 2.75) is 46.6 Å². The van der Waals surface area contributed by atoms with Gasteiger partial charge in [-0.15, -0.1) is 0 Å². The number of amides is 2. The molecule has 0 bridgehead atoms. The molecule has 0 aromatic heterocycles. The smallest absolute Gasteiger partial charge is 0.275 e. The minimum atomic E-state index is -0.511. The van der Waals surface area contributed by atoms with Crippen LogP contribution in [0, 0.1) is 6.92 Å². The number of carbonyl (C=O) groups is 2. The van der Waals surface area contributed by atoms with Crippen molar-refractivity contribution >= 4 is 17.5 Å². The highest BCUT2D eigenvalue weighted by Crippen LogP contribution is 2.20. The minimum Gasteiger partial charge on any atom is -0.507 e. The quantitative estimate of drug-likeness (QED) is 0.555. The van der Waals surface area contributed by atoms with Crippen molar-refractivity contribution in [3.8, 4) is 5.75 Å². The molecule has 0 radical (unpaired) electrons. The zero-order valence-electron chi connectivity index (χ0n) is 13.4. The first-order valence-electron chi connectivity index (χ1n) is 7.26. The largest absolute Gasteiger partial charge is 0.507 e. The lowest BCUT2D eigenvalue weighted by molar-refractivity contribution is -0.120. The second-order valence-corrected chi connectivity index (χ2v) is 5.31. The van der Waals surface area contributed by atoms with E-state index in [1.807, 2.05) is 13.8 Å². The van der Waals surface area contributed by atoms with Gasteiger partial charge >= 0.3 is 0 Å². The third kappa shape index (κ3) is 5.20. The van der Waals surface area contributed by atoms with Gasteiger partial charge in [0.15, 0.2) is 0 Å². The molecule has 0 saturated heterocycles. The van der Waals surface area contributed by atoms with Gasteiger partial charge in [-0.1, -0.05) is 19.1 Å². The van der Waals surface area contributed by atoms with Crippen LogP contribution in [0.3, 0.4) is 0 Å². The van der Waals surface area contributed by atoms with Crippen molar-refractivity contribution < 1.29 is 14.7 Å². The Morgan fingerprint density at radius 3 is 2.68 bits per heavy atom. The minimum absolute atomic E-state index is 0.0673. The van der Waals surface area contributed by atoms with E-state index in [0.29, 0.717) is 11.3 Å². The number of nitrogens with zero attached hydrogens (tertiary/aromatic N) is 1. The van der Waals surface area contributed by atoms with E-state index in [1.165, 1.54) is 6.07 Å². The molecule has 6 heteroatoms. The summed E-state index contributed by atoms with van der Waals surface area (Å²) in [6.45, 7) is 7.28.